The molecule has 1 aliphatic heterocycles. The third kappa shape index (κ3) is 2.60. The lowest BCUT2D eigenvalue weighted by atomic mass is 9.93. The van der Waals surface area contributed by atoms with Gasteiger partial charge in [0.15, 0.2) is 0 Å². The number of ether oxygens (including phenoxy) is 1. The SMILES string of the molecule is CC[C@@]1(C(=O)O)CCC(C)N1C(=O)OC(C)(C)C. The summed E-state index contributed by atoms with van der Waals surface area (Å²) in [7, 11) is 0. The Hall–Kier alpha value is -1.26. The highest BCUT2D eigenvalue weighted by molar-refractivity contribution is 5.85. The van der Waals surface area contributed by atoms with Gasteiger partial charge >= 0.3 is 12.1 Å². The normalized spacial score (nSPS) is 28.3. The van der Waals surface area contributed by atoms with Crippen LogP contribution in [0.3, 0.4) is 0 Å². The first-order valence-corrected chi connectivity index (χ1v) is 6.40. The van der Waals surface area contributed by atoms with Crippen LogP contribution in [-0.2, 0) is 9.53 Å². The van der Waals surface area contributed by atoms with Gasteiger partial charge in [0.05, 0.1) is 0 Å². The summed E-state index contributed by atoms with van der Waals surface area (Å²) in [5, 5.41) is 9.45. The molecule has 1 heterocycles. The lowest BCUT2D eigenvalue weighted by molar-refractivity contribution is -0.150. The van der Waals surface area contributed by atoms with Gasteiger partial charge in [-0.05, 0) is 47.0 Å². The van der Waals surface area contributed by atoms with Gasteiger partial charge in [-0.3, -0.25) is 4.90 Å². The van der Waals surface area contributed by atoms with Crippen molar-refractivity contribution in [2.75, 3.05) is 0 Å². The van der Waals surface area contributed by atoms with Gasteiger partial charge in [-0.15, -0.1) is 0 Å². The van der Waals surface area contributed by atoms with Gasteiger partial charge in [0.25, 0.3) is 0 Å². The summed E-state index contributed by atoms with van der Waals surface area (Å²) >= 11 is 0. The van der Waals surface area contributed by atoms with Gasteiger partial charge in [0.1, 0.15) is 11.1 Å². The molecule has 2 atom stereocenters. The number of hydrogen-bond acceptors (Lipinski definition) is 3. The average molecular weight is 257 g/mol. The minimum Gasteiger partial charge on any atom is -0.479 e. The lowest BCUT2D eigenvalue weighted by Crippen LogP contribution is -2.55. The zero-order valence-corrected chi connectivity index (χ0v) is 11.8. The minimum atomic E-state index is -1.11. The molecule has 18 heavy (non-hydrogen) atoms. The van der Waals surface area contributed by atoms with Gasteiger partial charge < -0.3 is 9.84 Å². The minimum absolute atomic E-state index is 0.101. The summed E-state index contributed by atoms with van der Waals surface area (Å²) < 4.78 is 5.32. The van der Waals surface area contributed by atoms with Crippen molar-refractivity contribution in [3.8, 4) is 0 Å². The van der Waals surface area contributed by atoms with Gasteiger partial charge in [-0.1, -0.05) is 6.92 Å². The molecule has 0 radical (unpaired) electrons. The van der Waals surface area contributed by atoms with Crippen LogP contribution in [0.1, 0.15) is 53.9 Å². The van der Waals surface area contributed by atoms with Crippen molar-refractivity contribution >= 4 is 12.1 Å². The zero-order valence-electron chi connectivity index (χ0n) is 11.8. The average Bonchev–Trinajstić information content (AvgIpc) is 2.53. The second kappa shape index (κ2) is 4.78. The molecule has 0 aromatic carbocycles. The number of hydrogen-bond donors (Lipinski definition) is 1. The monoisotopic (exact) mass is 257 g/mol. The Bertz CT molecular complexity index is 347. The molecule has 5 nitrogen and oxygen atoms in total. The molecule has 0 spiro atoms. The van der Waals surface area contributed by atoms with E-state index >= 15 is 0 Å². The van der Waals surface area contributed by atoms with E-state index in [2.05, 4.69) is 0 Å². The second-order valence-corrected chi connectivity index (χ2v) is 5.93. The second-order valence-electron chi connectivity index (χ2n) is 5.93. The smallest absolute Gasteiger partial charge is 0.411 e. The molecule has 0 saturated carbocycles. The third-order valence-electron chi connectivity index (χ3n) is 3.45. The number of carboxylic acid groups (broad SMARTS) is 1. The largest absolute Gasteiger partial charge is 0.479 e. The van der Waals surface area contributed by atoms with Crippen LogP contribution in [0.15, 0.2) is 0 Å². The molecule has 1 aliphatic rings. The molecule has 0 bridgehead atoms. The van der Waals surface area contributed by atoms with Crippen molar-refractivity contribution in [2.24, 2.45) is 0 Å². The van der Waals surface area contributed by atoms with E-state index in [9.17, 15) is 14.7 Å². The molecular formula is C13H23NO4. The zero-order chi connectivity index (χ0) is 14.1. The summed E-state index contributed by atoms with van der Waals surface area (Å²) in [6, 6.07) is -0.101. The van der Waals surface area contributed by atoms with E-state index in [0.717, 1.165) is 0 Å². The first-order valence-electron chi connectivity index (χ1n) is 6.40. The van der Waals surface area contributed by atoms with Gasteiger partial charge in [-0.25, -0.2) is 9.59 Å². The molecule has 1 rings (SSSR count). The molecular weight excluding hydrogens is 234 g/mol. The first-order chi connectivity index (χ1) is 8.14. The Balaban J connectivity index is 3.02. The predicted octanol–water partition coefficient (Wildman–Crippen LogP) is 2.64. The molecule has 0 aromatic heterocycles. The number of aliphatic carboxylic acids is 1. The van der Waals surface area contributed by atoms with Crippen LogP contribution in [0.5, 0.6) is 0 Å². The van der Waals surface area contributed by atoms with Crippen LogP contribution >= 0.6 is 0 Å². The topological polar surface area (TPSA) is 66.8 Å². The van der Waals surface area contributed by atoms with Crippen LogP contribution < -0.4 is 0 Å². The summed E-state index contributed by atoms with van der Waals surface area (Å²) in [6.07, 6.45) is 1.04. The van der Waals surface area contributed by atoms with Crippen molar-refractivity contribution in [1.82, 2.24) is 4.90 Å². The highest BCUT2D eigenvalue weighted by Crippen LogP contribution is 2.38. The molecule has 5 heteroatoms. The Morgan fingerprint density at radius 3 is 2.39 bits per heavy atom. The fraction of sp³-hybridized carbons (Fsp3) is 0.846. The maximum absolute atomic E-state index is 12.2. The Kier molecular flexibility index (Phi) is 3.93. The van der Waals surface area contributed by atoms with Crippen LogP contribution in [0.4, 0.5) is 4.79 Å². The van der Waals surface area contributed by atoms with Gasteiger partial charge in [0.2, 0.25) is 0 Å². The van der Waals surface area contributed by atoms with Crippen molar-refractivity contribution in [2.45, 2.75) is 71.1 Å². The molecule has 1 unspecified atom stereocenters. The summed E-state index contributed by atoms with van der Waals surface area (Å²) in [4.78, 5) is 25.1. The first kappa shape index (κ1) is 14.8. The molecule has 0 aliphatic carbocycles. The fourth-order valence-corrected chi connectivity index (χ4v) is 2.49. The number of rotatable bonds is 2. The van der Waals surface area contributed by atoms with Crippen molar-refractivity contribution in [3.05, 3.63) is 0 Å². The van der Waals surface area contributed by atoms with E-state index in [1.807, 2.05) is 6.92 Å². The number of carbonyl (C=O) groups is 2. The number of carboxylic acids is 1. The summed E-state index contributed by atoms with van der Waals surface area (Å²) in [5.74, 6) is -0.944. The summed E-state index contributed by atoms with van der Waals surface area (Å²) in [6.45, 7) is 8.99. The van der Waals surface area contributed by atoms with Crippen molar-refractivity contribution in [3.63, 3.8) is 0 Å². The van der Waals surface area contributed by atoms with Gasteiger partial charge in [0, 0.05) is 6.04 Å². The van der Waals surface area contributed by atoms with Crippen LogP contribution in [-0.4, -0.2) is 39.3 Å². The Morgan fingerprint density at radius 2 is 2.00 bits per heavy atom. The predicted molar refractivity (Wildman–Crippen MR) is 67.4 cm³/mol. The van der Waals surface area contributed by atoms with E-state index in [1.54, 1.807) is 27.7 Å². The number of carbonyl (C=O) groups excluding carboxylic acids is 1. The van der Waals surface area contributed by atoms with E-state index < -0.39 is 23.2 Å². The highest BCUT2D eigenvalue weighted by atomic mass is 16.6. The quantitative estimate of drug-likeness (QED) is 0.825. The van der Waals surface area contributed by atoms with Crippen LogP contribution in [0, 0.1) is 0 Å². The molecule has 1 saturated heterocycles. The molecule has 104 valence electrons. The molecule has 1 N–H and O–H groups in total. The standard InChI is InChI=1S/C13H23NO4/c1-6-13(10(15)16)8-7-9(2)14(13)11(17)18-12(3,4)5/h9H,6-8H2,1-5H3,(H,15,16)/t9?,13-/m0/s1. The van der Waals surface area contributed by atoms with Crippen molar-refractivity contribution in [1.29, 1.82) is 0 Å². The Morgan fingerprint density at radius 1 is 1.44 bits per heavy atom. The highest BCUT2D eigenvalue weighted by Gasteiger charge is 2.53. The Labute approximate surface area is 108 Å². The van der Waals surface area contributed by atoms with Gasteiger partial charge in [-0.2, -0.15) is 0 Å². The number of nitrogens with zero attached hydrogens (tertiary/aromatic N) is 1. The lowest BCUT2D eigenvalue weighted by Gasteiger charge is -2.37. The fourth-order valence-electron chi connectivity index (χ4n) is 2.49. The van der Waals surface area contributed by atoms with Crippen LogP contribution in [0.25, 0.3) is 0 Å². The number of amides is 1. The maximum atomic E-state index is 12.2. The van der Waals surface area contributed by atoms with E-state index in [1.165, 1.54) is 4.90 Å². The molecule has 1 fully saturated rings. The van der Waals surface area contributed by atoms with E-state index in [4.69, 9.17) is 4.74 Å². The number of likely N-dealkylation sites (tertiary alicyclic amines) is 1. The molecule has 1 amide bonds. The van der Waals surface area contributed by atoms with E-state index in [0.29, 0.717) is 19.3 Å². The maximum Gasteiger partial charge on any atom is 0.411 e. The molecule has 0 aromatic rings. The van der Waals surface area contributed by atoms with E-state index in [-0.39, 0.29) is 6.04 Å². The van der Waals surface area contributed by atoms with Crippen molar-refractivity contribution < 1.29 is 19.4 Å². The summed E-state index contributed by atoms with van der Waals surface area (Å²) in [5.41, 5.74) is -1.72. The van der Waals surface area contributed by atoms with Crippen LogP contribution in [0.2, 0.25) is 0 Å². The third-order valence-corrected chi connectivity index (χ3v) is 3.45.